The molecular weight excluding hydrogens is 208 g/mol. The van der Waals surface area contributed by atoms with Crippen LogP contribution in [-0.4, -0.2) is 9.97 Å². The van der Waals surface area contributed by atoms with Crippen LogP contribution < -0.4 is 0 Å². The van der Waals surface area contributed by atoms with Crippen LogP contribution in [0.1, 0.15) is 71.0 Å². The third-order valence-corrected chi connectivity index (χ3v) is 3.47. The maximum Gasteiger partial charge on any atom is 0.106 e. The smallest absolute Gasteiger partial charge is 0.106 e. The van der Waals surface area contributed by atoms with Gasteiger partial charge in [-0.25, -0.2) is 4.98 Å². The van der Waals surface area contributed by atoms with Crippen molar-refractivity contribution in [2.75, 3.05) is 0 Å². The van der Waals surface area contributed by atoms with Gasteiger partial charge in [0, 0.05) is 18.8 Å². The molecule has 1 N–H and O–H groups in total. The van der Waals surface area contributed by atoms with Gasteiger partial charge in [0.15, 0.2) is 0 Å². The molecule has 1 unspecified atom stereocenters. The van der Waals surface area contributed by atoms with Crippen molar-refractivity contribution < 1.29 is 0 Å². The van der Waals surface area contributed by atoms with Gasteiger partial charge in [-0.1, -0.05) is 65.2 Å². The molecule has 0 aliphatic heterocycles. The maximum atomic E-state index is 4.35. The molecule has 0 saturated carbocycles. The Balaban J connectivity index is 2.26. The summed E-state index contributed by atoms with van der Waals surface area (Å²) in [5.74, 6) is 2.00. The Morgan fingerprint density at radius 3 is 2.47 bits per heavy atom. The lowest BCUT2D eigenvalue weighted by atomic mass is 9.92. The predicted octanol–water partition coefficient (Wildman–Crippen LogP) is 4.73. The van der Waals surface area contributed by atoms with Gasteiger partial charge in [0.25, 0.3) is 0 Å². The van der Waals surface area contributed by atoms with Gasteiger partial charge in [-0.3, -0.25) is 0 Å². The first kappa shape index (κ1) is 14.3. The van der Waals surface area contributed by atoms with E-state index in [1.165, 1.54) is 57.2 Å². The van der Waals surface area contributed by atoms with E-state index in [2.05, 4.69) is 23.8 Å². The molecule has 0 spiro atoms. The fraction of sp³-hybridized carbons (Fsp3) is 0.800. The molecule has 0 aliphatic rings. The number of hydrogen-bond acceptors (Lipinski definition) is 1. The van der Waals surface area contributed by atoms with E-state index in [1.54, 1.807) is 0 Å². The first-order chi connectivity index (χ1) is 8.36. The molecule has 2 nitrogen and oxygen atoms in total. The minimum Gasteiger partial charge on any atom is -0.349 e. The summed E-state index contributed by atoms with van der Waals surface area (Å²) in [5.41, 5.74) is 0. The number of nitrogens with one attached hydrogen (secondary N) is 1. The molecule has 1 atom stereocenters. The van der Waals surface area contributed by atoms with Crippen LogP contribution in [0.5, 0.6) is 0 Å². The van der Waals surface area contributed by atoms with E-state index in [-0.39, 0.29) is 0 Å². The predicted molar refractivity (Wildman–Crippen MR) is 74.1 cm³/mol. The Hall–Kier alpha value is -0.790. The largest absolute Gasteiger partial charge is 0.349 e. The number of aromatic amines is 1. The van der Waals surface area contributed by atoms with E-state index in [9.17, 15) is 0 Å². The number of aromatic nitrogens is 2. The van der Waals surface area contributed by atoms with Crippen molar-refractivity contribution in [3.63, 3.8) is 0 Å². The van der Waals surface area contributed by atoms with E-state index in [0.717, 1.165) is 12.3 Å². The average Bonchev–Trinajstić information content (AvgIpc) is 2.84. The van der Waals surface area contributed by atoms with Crippen LogP contribution in [-0.2, 0) is 6.42 Å². The molecule has 1 aromatic heterocycles. The second kappa shape index (κ2) is 9.26. The Morgan fingerprint density at radius 2 is 1.82 bits per heavy atom. The van der Waals surface area contributed by atoms with Crippen LogP contribution in [0.3, 0.4) is 0 Å². The summed E-state index contributed by atoms with van der Waals surface area (Å²) in [4.78, 5) is 7.59. The third-order valence-electron chi connectivity index (χ3n) is 3.47. The molecule has 0 fully saturated rings. The van der Waals surface area contributed by atoms with Gasteiger partial charge in [0.1, 0.15) is 5.82 Å². The molecule has 1 heterocycles. The standard InChI is InChI=1S/C15H28N2/c1-3-5-7-8-10-14(9-6-4-2)13-15-16-11-12-17-15/h11-12,14H,3-10,13H2,1-2H3,(H,16,17). The molecule has 0 amide bonds. The van der Waals surface area contributed by atoms with Crippen LogP contribution in [0.2, 0.25) is 0 Å². The second-order valence-electron chi connectivity index (χ2n) is 5.10. The van der Waals surface area contributed by atoms with Crippen molar-refractivity contribution in [1.29, 1.82) is 0 Å². The highest BCUT2D eigenvalue weighted by molar-refractivity contribution is 4.89. The average molecular weight is 236 g/mol. The molecule has 98 valence electrons. The fourth-order valence-electron chi connectivity index (χ4n) is 2.38. The first-order valence-electron chi connectivity index (χ1n) is 7.35. The van der Waals surface area contributed by atoms with Crippen molar-refractivity contribution >= 4 is 0 Å². The van der Waals surface area contributed by atoms with Crippen LogP contribution in [0, 0.1) is 5.92 Å². The normalized spacial score (nSPS) is 12.8. The van der Waals surface area contributed by atoms with E-state index in [1.807, 2.05) is 12.4 Å². The van der Waals surface area contributed by atoms with Crippen molar-refractivity contribution in [2.45, 2.75) is 71.6 Å². The monoisotopic (exact) mass is 236 g/mol. The lowest BCUT2D eigenvalue weighted by molar-refractivity contribution is 0.404. The molecule has 1 aromatic rings. The van der Waals surface area contributed by atoms with Crippen LogP contribution in [0.4, 0.5) is 0 Å². The van der Waals surface area contributed by atoms with Gasteiger partial charge in [0.05, 0.1) is 0 Å². The number of H-pyrrole nitrogens is 1. The number of nitrogens with zero attached hydrogens (tertiary/aromatic N) is 1. The zero-order chi connectivity index (χ0) is 12.3. The lowest BCUT2D eigenvalue weighted by Gasteiger charge is -2.15. The second-order valence-corrected chi connectivity index (χ2v) is 5.10. The van der Waals surface area contributed by atoms with E-state index >= 15 is 0 Å². The summed E-state index contributed by atoms with van der Waals surface area (Å²) in [7, 11) is 0. The Bertz CT molecular complexity index is 254. The number of unbranched alkanes of at least 4 members (excludes halogenated alkanes) is 4. The van der Waals surface area contributed by atoms with Gasteiger partial charge in [0.2, 0.25) is 0 Å². The molecular formula is C15H28N2. The minimum atomic E-state index is 0.831. The van der Waals surface area contributed by atoms with Crippen molar-refractivity contribution in [3.8, 4) is 0 Å². The zero-order valence-electron chi connectivity index (χ0n) is 11.5. The first-order valence-corrected chi connectivity index (χ1v) is 7.35. The number of imidazole rings is 1. The quantitative estimate of drug-likeness (QED) is 0.585. The highest BCUT2D eigenvalue weighted by Gasteiger charge is 2.10. The molecule has 17 heavy (non-hydrogen) atoms. The van der Waals surface area contributed by atoms with Crippen LogP contribution in [0.25, 0.3) is 0 Å². The molecule has 2 heteroatoms. The Kier molecular flexibility index (Phi) is 7.78. The summed E-state index contributed by atoms with van der Waals surface area (Å²) in [6.45, 7) is 4.55. The van der Waals surface area contributed by atoms with Gasteiger partial charge in [-0.15, -0.1) is 0 Å². The topological polar surface area (TPSA) is 28.7 Å². The fourth-order valence-corrected chi connectivity index (χ4v) is 2.38. The van der Waals surface area contributed by atoms with E-state index in [4.69, 9.17) is 0 Å². The zero-order valence-corrected chi connectivity index (χ0v) is 11.5. The third kappa shape index (κ3) is 6.50. The van der Waals surface area contributed by atoms with Gasteiger partial charge < -0.3 is 4.98 Å². The van der Waals surface area contributed by atoms with Gasteiger partial charge in [-0.2, -0.15) is 0 Å². The summed E-state index contributed by atoms with van der Waals surface area (Å²) in [6, 6.07) is 0. The van der Waals surface area contributed by atoms with Crippen LogP contribution >= 0.6 is 0 Å². The van der Waals surface area contributed by atoms with Gasteiger partial charge in [-0.05, 0) is 5.92 Å². The SMILES string of the molecule is CCCCCCC(CCCC)Cc1ncc[nH]1. The minimum absolute atomic E-state index is 0.831. The summed E-state index contributed by atoms with van der Waals surface area (Å²) < 4.78 is 0. The van der Waals surface area contributed by atoms with Crippen LogP contribution in [0.15, 0.2) is 12.4 Å². The summed E-state index contributed by atoms with van der Waals surface area (Å²) in [5, 5.41) is 0. The molecule has 1 rings (SSSR count). The molecule has 0 radical (unpaired) electrons. The molecule has 0 saturated heterocycles. The summed E-state index contributed by atoms with van der Waals surface area (Å²) >= 11 is 0. The Morgan fingerprint density at radius 1 is 1.06 bits per heavy atom. The lowest BCUT2D eigenvalue weighted by Crippen LogP contribution is -2.06. The number of hydrogen-bond donors (Lipinski definition) is 1. The van der Waals surface area contributed by atoms with Gasteiger partial charge >= 0.3 is 0 Å². The van der Waals surface area contributed by atoms with Crippen molar-refractivity contribution in [1.82, 2.24) is 9.97 Å². The van der Waals surface area contributed by atoms with Crippen molar-refractivity contribution in [3.05, 3.63) is 18.2 Å². The Labute approximate surface area is 106 Å². The number of rotatable bonds is 10. The van der Waals surface area contributed by atoms with Crippen molar-refractivity contribution in [2.24, 2.45) is 5.92 Å². The summed E-state index contributed by atoms with van der Waals surface area (Å²) in [6.07, 6.45) is 15.9. The van der Waals surface area contributed by atoms with E-state index < -0.39 is 0 Å². The molecule has 0 aromatic carbocycles. The highest BCUT2D eigenvalue weighted by Crippen LogP contribution is 2.20. The molecule has 0 aliphatic carbocycles. The van der Waals surface area contributed by atoms with E-state index in [0.29, 0.717) is 0 Å². The maximum absolute atomic E-state index is 4.35. The highest BCUT2D eigenvalue weighted by atomic mass is 14.9. The molecule has 0 bridgehead atoms.